The highest BCUT2D eigenvalue weighted by atomic mass is 16.2. The van der Waals surface area contributed by atoms with Crippen LogP contribution in [-0.4, -0.2) is 34.8 Å². The summed E-state index contributed by atoms with van der Waals surface area (Å²) >= 11 is 0. The number of amides is 1. The molecule has 2 rings (SSSR count). The molecule has 1 aromatic heterocycles. The number of hydrogen-bond donors (Lipinski definition) is 2. The first-order valence-electron chi connectivity index (χ1n) is 4.77. The van der Waals surface area contributed by atoms with E-state index in [9.17, 15) is 4.79 Å². The molecule has 1 saturated heterocycles. The van der Waals surface area contributed by atoms with Crippen LogP contribution in [0.2, 0.25) is 0 Å². The lowest BCUT2D eigenvalue weighted by Crippen LogP contribution is -2.57. The fraction of sp³-hybridized carbons (Fsp3) is 0.556. The number of nitrogens with one attached hydrogen (secondary N) is 2. The van der Waals surface area contributed by atoms with Crippen LogP contribution in [0.25, 0.3) is 0 Å². The lowest BCUT2D eigenvalue weighted by Gasteiger charge is -2.29. The van der Waals surface area contributed by atoms with Gasteiger partial charge in [-0.1, -0.05) is 0 Å². The van der Waals surface area contributed by atoms with Gasteiger partial charge in [-0.3, -0.25) is 9.48 Å². The largest absolute Gasteiger partial charge is 0.349 e. The van der Waals surface area contributed by atoms with Gasteiger partial charge in [0.2, 0.25) is 5.91 Å². The maximum absolute atomic E-state index is 11.6. The molecule has 1 amide bonds. The van der Waals surface area contributed by atoms with Gasteiger partial charge in [-0.25, -0.2) is 0 Å². The standard InChI is InChI=1S/C9H14N4O/c1-7(13-4-2-3-11-13)9(14)12-8-5-10-6-8/h2-4,7-8,10H,5-6H2,1H3,(H,12,14). The molecule has 1 unspecified atom stereocenters. The highest BCUT2D eigenvalue weighted by molar-refractivity contribution is 5.80. The molecule has 0 bridgehead atoms. The lowest BCUT2D eigenvalue weighted by atomic mass is 10.1. The highest BCUT2D eigenvalue weighted by Gasteiger charge is 2.22. The normalized spacial score (nSPS) is 18.6. The SMILES string of the molecule is CC(C(=O)NC1CNC1)n1cccn1. The Labute approximate surface area is 82.5 Å². The van der Waals surface area contributed by atoms with Gasteiger partial charge >= 0.3 is 0 Å². The summed E-state index contributed by atoms with van der Waals surface area (Å²) in [5.74, 6) is 0.0280. The molecule has 2 N–H and O–H groups in total. The van der Waals surface area contributed by atoms with Crippen LogP contribution in [0, 0.1) is 0 Å². The van der Waals surface area contributed by atoms with E-state index >= 15 is 0 Å². The second-order valence-electron chi connectivity index (χ2n) is 3.53. The van der Waals surface area contributed by atoms with Crippen LogP contribution in [0.4, 0.5) is 0 Å². The minimum Gasteiger partial charge on any atom is -0.349 e. The fourth-order valence-electron chi connectivity index (χ4n) is 1.34. The predicted molar refractivity (Wildman–Crippen MR) is 51.7 cm³/mol. The van der Waals surface area contributed by atoms with E-state index in [2.05, 4.69) is 15.7 Å². The summed E-state index contributed by atoms with van der Waals surface area (Å²) in [5.41, 5.74) is 0. The Kier molecular flexibility index (Phi) is 2.49. The fourth-order valence-corrected chi connectivity index (χ4v) is 1.34. The van der Waals surface area contributed by atoms with E-state index < -0.39 is 0 Å². The third-order valence-electron chi connectivity index (χ3n) is 2.43. The molecule has 14 heavy (non-hydrogen) atoms. The molecule has 1 atom stereocenters. The van der Waals surface area contributed by atoms with E-state index in [-0.39, 0.29) is 11.9 Å². The van der Waals surface area contributed by atoms with Crippen LogP contribution in [0.3, 0.4) is 0 Å². The molecule has 1 aliphatic rings. The van der Waals surface area contributed by atoms with Crippen molar-refractivity contribution in [2.75, 3.05) is 13.1 Å². The molecule has 0 aromatic carbocycles. The molecule has 1 aliphatic heterocycles. The van der Waals surface area contributed by atoms with Gasteiger partial charge in [-0.2, -0.15) is 5.10 Å². The minimum absolute atomic E-state index is 0.0280. The molecule has 76 valence electrons. The number of hydrogen-bond acceptors (Lipinski definition) is 3. The molecule has 0 aliphatic carbocycles. The van der Waals surface area contributed by atoms with Crippen molar-refractivity contribution < 1.29 is 4.79 Å². The lowest BCUT2D eigenvalue weighted by molar-refractivity contribution is -0.125. The molecule has 0 spiro atoms. The predicted octanol–water partition coefficient (Wildman–Crippen LogP) is -0.468. The van der Waals surface area contributed by atoms with E-state index in [1.54, 1.807) is 17.1 Å². The summed E-state index contributed by atoms with van der Waals surface area (Å²) in [6.07, 6.45) is 3.47. The summed E-state index contributed by atoms with van der Waals surface area (Å²) in [5, 5.41) is 10.1. The Bertz CT molecular complexity index is 305. The second kappa shape index (κ2) is 3.79. The Morgan fingerprint density at radius 2 is 2.50 bits per heavy atom. The van der Waals surface area contributed by atoms with Crippen LogP contribution in [0.1, 0.15) is 13.0 Å². The first-order chi connectivity index (χ1) is 6.77. The van der Waals surface area contributed by atoms with Crippen molar-refractivity contribution >= 4 is 5.91 Å². The Balaban J connectivity index is 1.90. The zero-order chi connectivity index (χ0) is 9.97. The van der Waals surface area contributed by atoms with E-state index in [4.69, 9.17) is 0 Å². The minimum atomic E-state index is -0.231. The van der Waals surface area contributed by atoms with Gasteiger partial charge in [0.05, 0.1) is 6.04 Å². The topological polar surface area (TPSA) is 59.0 Å². The van der Waals surface area contributed by atoms with Gasteiger partial charge in [-0.05, 0) is 13.0 Å². The molecule has 5 heteroatoms. The van der Waals surface area contributed by atoms with Crippen molar-refractivity contribution in [3.8, 4) is 0 Å². The van der Waals surface area contributed by atoms with Crippen molar-refractivity contribution in [2.24, 2.45) is 0 Å². The summed E-state index contributed by atoms with van der Waals surface area (Å²) in [4.78, 5) is 11.6. The monoisotopic (exact) mass is 194 g/mol. The number of carbonyl (C=O) groups is 1. The van der Waals surface area contributed by atoms with Gasteiger partial charge in [-0.15, -0.1) is 0 Å². The van der Waals surface area contributed by atoms with Crippen molar-refractivity contribution in [3.63, 3.8) is 0 Å². The molecular formula is C9H14N4O. The Morgan fingerprint density at radius 1 is 1.71 bits per heavy atom. The van der Waals surface area contributed by atoms with Crippen molar-refractivity contribution in [3.05, 3.63) is 18.5 Å². The molecular weight excluding hydrogens is 180 g/mol. The summed E-state index contributed by atoms with van der Waals surface area (Å²) in [6.45, 7) is 3.59. The van der Waals surface area contributed by atoms with Crippen LogP contribution >= 0.6 is 0 Å². The zero-order valence-electron chi connectivity index (χ0n) is 8.10. The van der Waals surface area contributed by atoms with Crippen LogP contribution in [0.5, 0.6) is 0 Å². The van der Waals surface area contributed by atoms with Gasteiger partial charge in [0.15, 0.2) is 0 Å². The van der Waals surface area contributed by atoms with Crippen LogP contribution < -0.4 is 10.6 Å². The highest BCUT2D eigenvalue weighted by Crippen LogP contribution is 2.04. The second-order valence-corrected chi connectivity index (χ2v) is 3.53. The Morgan fingerprint density at radius 3 is 3.00 bits per heavy atom. The van der Waals surface area contributed by atoms with E-state index in [0.29, 0.717) is 6.04 Å². The molecule has 1 aromatic rings. The molecule has 0 saturated carbocycles. The van der Waals surface area contributed by atoms with Crippen molar-refractivity contribution in [1.29, 1.82) is 0 Å². The quantitative estimate of drug-likeness (QED) is 0.684. The third-order valence-corrected chi connectivity index (χ3v) is 2.43. The van der Waals surface area contributed by atoms with Crippen molar-refractivity contribution in [2.45, 2.75) is 19.0 Å². The van der Waals surface area contributed by atoms with E-state index in [0.717, 1.165) is 13.1 Å². The first-order valence-corrected chi connectivity index (χ1v) is 4.77. The third kappa shape index (κ3) is 1.77. The van der Waals surface area contributed by atoms with E-state index in [1.807, 2.05) is 13.0 Å². The summed E-state index contributed by atoms with van der Waals surface area (Å²) in [6, 6.07) is 1.88. The Hall–Kier alpha value is -1.36. The number of aromatic nitrogens is 2. The number of carbonyl (C=O) groups excluding carboxylic acids is 1. The molecule has 5 nitrogen and oxygen atoms in total. The average molecular weight is 194 g/mol. The van der Waals surface area contributed by atoms with Gasteiger partial charge in [0.25, 0.3) is 0 Å². The first kappa shape index (κ1) is 9.21. The maximum Gasteiger partial charge on any atom is 0.244 e. The zero-order valence-corrected chi connectivity index (χ0v) is 8.10. The smallest absolute Gasteiger partial charge is 0.244 e. The number of rotatable bonds is 3. The van der Waals surface area contributed by atoms with E-state index in [1.165, 1.54) is 0 Å². The summed E-state index contributed by atoms with van der Waals surface area (Å²) in [7, 11) is 0. The molecule has 1 fully saturated rings. The average Bonchev–Trinajstić information content (AvgIpc) is 2.62. The van der Waals surface area contributed by atoms with Crippen LogP contribution in [0.15, 0.2) is 18.5 Å². The molecule has 2 heterocycles. The van der Waals surface area contributed by atoms with Crippen molar-refractivity contribution in [1.82, 2.24) is 20.4 Å². The van der Waals surface area contributed by atoms with Gasteiger partial charge in [0.1, 0.15) is 6.04 Å². The number of nitrogens with zero attached hydrogens (tertiary/aromatic N) is 2. The summed E-state index contributed by atoms with van der Waals surface area (Å²) < 4.78 is 1.65. The van der Waals surface area contributed by atoms with Crippen LogP contribution in [-0.2, 0) is 4.79 Å². The maximum atomic E-state index is 11.6. The molecule has 0 radical (unpaired) electrons. The van der Waals surface area contributed by atoms with Gasteiger partial charge < -0.3 is 10.6 Å². The van der Waals surface area contributed by atoms with Gasteiger partial charge in [0, 0.05) is 25.5 Å².